The van der Waals surface area contributed by atoms with E-state index in [1.807, 2.05) is 13.8 Å². The van der Waals surface area contributed by atoms with Gasteiger partial charge < -0.3 is 14.6 Å². The molecule has 1 unspecified atom stereocenters. The average molecular weight is 162 g/mol. The third-order valence-electron chi connectivity index (χ3n) is 2.23. The zero-order chi connectivity index (χ0) is 9.12. The molecule has 11 heavy (non-hydrogen) atoms. The molecule has 0 spiro atoms. The molecule has 1 atom stereocenters. The van der Waals surface area contributed by atoms with Gasteiger partial charge in [-0.2, -0.15) is 0 Å². The molecule has 0 aliphatic rings. The number of ether oxygens (including phenoxy) is 2. The zero-order valence-corrected chi connectivity index (χ0v) is 7.97. The maximum atomic E-state index is 9.79. The first-order valence-electron chi connectivity index (χ1n) is 3.64. The van der Waals surface area contributed by atoms with Crippen molar-refractivity contribution in [1.82, 2.24) is 0 Å². The Kier molecular flexibility index (Phi) is 3.48. The van der Waals surface area contributed by atoms with Gasteiger partial charge in [0.05, 0.1) is 12.2 Å². The fourth-order valence-electron chi connectivity index (χ4n) is 0.675. The second kappa shape index (κ2) is 3.52. The smallest absolute Gasteiger partial charge is 0.113 e. The van der Waals surface area contributed by atoms with Crippen molar-refractivity contribution >= 4 is 0 Å². The van der Waals surface area contributed by atoms with Crippen molar-refractivity contribution in [2.24, 2.45) is 0 Å². The molecule has 0 heterocycles. The van der Waals surface area contributed by atoms with E-state index in [2.05, 4.69) is 0 Å². The molecule has 0 bridgehead atoms. The molecule has 0 aliphatic carbocycles. The van der Waals surface area contributed by atoms with Crippen LogP contribution in [0.15, 0.2) is 0 Å². The van der Waals surface area contributed by atoms with Gasteiger partial charge in [0.2, 0.25) is 0 Å². The van der Waals surface area contributed by atoms with Gasteiger partial charge in [0.1, 0.15) is 5.60 Å². The van der Waals surface area contributed by atoms with E-state index in [1.54, 1.807) is 21.1 Å². The number of aliphatic hydroxyl groups is 1. The van der Waals surface area contributed by atoms with E-state index in [9.17, 15) is 5.11 Å². The van der Waals surface area contributed by atoms with E-state index in [-0.39, 0.29) is 6.61 Å². The highest BCUT2D eigenvalue weighted by Crippen LogP contribution is 2.24. The Morgan fingerprint density at radius 1 is 1.18 bits per heavy atom. The second-order valence-corrected chi connectivity index (χ2v) is 3.42. The van der Waals surface area contributed by atoms with Crippen LogP contribution in [0.4, 0.5) is 0 Å². The molecular formula is C8H18O3. The molecule has 0 rings (SSSR count). The maximum absolute atomic E-state index is 9.79. The Morgan fingerprint density at radius 3 is 1.91 bits per heavy atom. The Morgan fingerprint density at radius 2 is 1.64 bits per heavy atom. The number of methoxy groups -OCH3 is 2. The first-order chi connectivity index (χ1) is 4.87. The molecule has 0 amide bonds. The third kappa shape index (κ3) is 2.43. The summed E-state index contributed by atoms with van der Waals surface area (Å²) in [6.07, 6.45) is 0. The number of hydrogen-bond donors (Lipinski definition) is 1. The number of hydrogen-bond acceptors (Lipinski definition) is 3. The largest absolute Gasteiger partial charge is 0.385 e. The summed E-state index contributed by atoms with van der Waals surface area (Å²) < 4.78 is 9.99. The van der Waals surface area contributed by atoms with E-state index < -0.39 is 11.2 Å². The zero-order valence-electron chi connectivity index (χ0n) is 7.97. The van der Waals surface area contributed by atoms with Gasteiger partial charge in [-0.05, 0) is 20.8 Å². The molecule has 0 saturated carbocycles. The highest BCUT2D eigenvalue weighted by Gasteiger charge is 2.39. The van der Waals surface area contributed by atoms with Crippen LogP contribution in [-0.2, 0) is 9.47 Å². The van der Waals surface area contributed by atoms with Gasteiger partial charge in [0.15, 0.2) is 0 Å². The lowest BCUT2D eigenvalue weighted by Gasteiger charge is -2.38. The van der Waals surface area contributed by atoms with Gasteiger partial charge in [0, 0.05) is 14.2 Å². The van der Waals surface area contributed by atoms with Crippen LogP contribution in [0.1, 0.15) is 20.8 Å². The van der Waals surface area contributed by atoms with Crippen LogP contribution in [0.3, 0.4) is 0 Å². The lowest BCUT2D eigenvalue weighted by Crippen LogP contribution is -2.52. The molecule has 0 saturated heterocycles. The van der Waals surface area contributed by atoms with Crippen molar-refractivity contribution in [2.75, 3.05) is 20.8 Å². The standard InChI is InChI=1S/C8H18O3/c1-7(2,11-5)8(3,9)6-10-4/h9H,6H2,1-5H3. The van der Waals surface area contributed by atoms with Crippen molar-refractivity contribution in [1.29, 1.82) is 0 Å². The SMILES string of the molecule is COCC(C)(O)C(C)(C)OC. The lowest BCUT2D eigenvalue weighted by atomic mass is 9.88. The van der Waals surface area contributed by atoms with Gasteiger partial charge in [-0.3, -0.25) is 0 Å². The van der Waals surface area contributed by atoms with Crippen LogP contribution in [0, 0.1) is 0 Å². The second-order valence-electron chi connectivity index (χ2n) is 3.42. The summed E-state index contributed by atoms with van der Waals surface area (Å²) in [5.74, 6) is 0. The lowest BCUT2D eigenvalue weighted by molar-refractivity contribution is -0.164. The molecular weight excluding hydrogens is 144 g/mol. The van der Waals surface area contributed by atoms with Crippen LogP contribution in [0.5, 0.6) is 0 Å². The first kappa shape index (κ1) is 10.9. The molecule has 0 radical (unpaired) electrons. The molecule has 3 heteroatoms. The van der Waals surface area contributed by atoms with Crippen molar-refractivity contribution in [3.63, 3.8) is 0 Å². The molecule has 0 aromatic rings. The van der Waals surface area contributed by atoms with Gasteiger partial charge in [-0.15, -0.1) is 0 Å². The van der Waals surface area contributed by atoms with Crippen molar-refractivity contribution in [3.8, 4) is 0 Å². The summed E-state index contributed by atoms with van der Waals surface area (Å²) in [5.41, 5.74) is -1.53. The summed E-state index contributed by atoms with van der Waals surface area (Å²) in [6, 6.07) is 0. The highest BCUT2D eigenvalue weighted by molar-refractivity contribution is 4.90. The number of rotatable bonds is 4. The van der Waals surface area contributed by atoms with Crippen LogP contribution in [0.25, 0.3) is 0 Å². The van der Waals surface area contributed by atoms with Gasteiger partial charge in [0.25, 0.3) is 0 Å². The monoisotopic (exact) mass is 162 g/mol. The average Bonchev–Trinajstić information content (AvgIpc) is 1.87. The van der Waals surface area contributed by atoms with E-state index in [1.165, 1.54) is 0 Å². The quantitative estimate of drug-likeness (QED) is 0.664. The Hall–Kier alpha value is -0.120. The maximum Gasteiger partial charge on any atom is 0.113 e. The molecule has 0 aromatic heterocycles. The van der Waals surface area contributed by atoms with E-state index >= 15 is 0 Å². The molecule has 1 N–H and O–H groups in total. The molecule has 0 aromatic carbocycles. The molecule has 0 aliphatic heterocycles. The molecule has 3 nitrogen and oxygen atoms in total. The van der Waals surface area contributed by atoms with Crippen LogP contribution in [0.2, 0.25) is 0 Å². The third-order valence-corrected chi connectivity index (χ3v) is 2.23. The van der Waals surface area contributed by atoms with Crippen LogP contribution < -0.4 is 0 Å². The van der Waals surface area contributed by atoms with Crippen molar-refractivity contribution in [3.05, 3.63) is 0 Å². The highest BCUT2D eigenvalue weighted by atomic mass is 16.5. The van der Waals surface area contributed by atoms with Crippen molar-refractivity contribution in [2.45, 2.75) is 32.0 Å². The molecule has 68 valence electrons. The summed E-state index contributed by atoms with van der Waals surface area (Å²) in [6.45, 7) is 5.62. The summed E-state index contributed by atoms with van der Waals surface area (Å²) in [5, 5.41) is 9.79. The Labute approximate surface area is 68.3 Å². The molecule has 0 fully saturated rings. The summed E-state index contributed by atoms with van der Waals surface area (Å²) >= 11 is 0. The predicted octanol–water partition coefficient (Wildman–Crippen LogP) is 0.809. The predicted molar refractivity (Wildman–Crippen MR) is 43.6 cm³/mol. The summed E-state index contributed by atoms with van der Waals surface area (Å²) in [4.78, 5) is 0. The Bertz CT molecular complexity index is 119. The minimum absolute atomic E-state index is 0.272. The fraction of sp³-hybridized carbons (Fsp3) is 1.00. The minimum Gasteiger partial charge on any atom is -0.385 e. The topological polar surface area (TPSA) is 38.7 Å². The van der Waals surface area contributed by atoms with Crippen LogP contribution in [-0.4, -0.2) is 37.1 Å². The van der Waals surface area contributed by atoms with Gasteiger partial charge in [-0.1, -0.05) is 0 Å². The van der Waals surface area contributed by atoms with Crippen molar-refractivity contribution < 1.29 is 14.6 Å². The van der Waals surface area contributed by atoms with E-state index in [0.717, 1.165) is 0 Å². The van der Waals surface area contributed by atoms with E-state index in [4.69, 9.17) is 9.47 Å². The minimum atomic E-state index is -0.948. The fourth-order valence-corrected chi connectivity index (χ4v) is 0.675. The van der Waals surface area contributed by atoms with E-state index in [0.29, 0.717) is 0 Å². The Balaban J connectivity index is 4.26. The summed E-state index contributed by atoms with van der Waals surface area (Å²) in [7, 11) is 3.13. The van der Waals surface area contributed by atoms with Crippen LogP contribution >= 0.6 is 0 Å². The van der Waals surface area contributed by atoms with Gasteiger partial charge >= 0.3 is 0 Å². The van der Waals surface area contributed by atoms with Gasteiger partial charge in [-0.25, -0.2) is 0 Å². The first-order valence-corrected chi connectivity index (χ1v) is 3.64. The normalized spacial score (nSPS) is 18.0.